The van der Waals surface area contributed by atoms with Gasteiger partial charge in [-0.05, 0) is 66.4 Å². The molecule has 3 aromatic carbocycles. The minimum atomic E-state index is -0.507. The van der Waals surface area contributed by atoms with E-state index < -0.39 is 5.91 Å². The van der Waals surface area contributed by atoms with Crippen LogP contribution in [0.5, 0.6) is 0 Å². The van der Waals surface area contributed by atoms with Crippen LogP contribution in [0.25, 0.3) is 0 Å². The van der Waals surface area contributed by atoms with Gasteiger partial charge in [0.05, 0.1) is 23.6 Å². The third-order valence-electron chi connectivity index (χ3n) is 5.90. The summed E-state index contributed by atoms with van der Waals surface area (Å²) in [6.07, 6.45) is 2.75. The van der Waals surface area contributed by atoms with Gasteiger partial charge in [-0.2, -0.15) is 5.10 Å². The van der Waals surface area contributed by atoms with Crippen LogP contribution in [0.15, 0.2) is 76.3 Å². The van der Waals surface area contributed by atoms with Gasteiger partial charge in [-0.25, -0.2) is 9.82 Å². The number of carbonyl (C=O) groups is 2. The first-order chi connectivity index (χ1) is 17.4. The maximum atomic E-state index is 13.0. The number of hydrogen-bond acceptors (Lipinski definition) is 5. The van der Waals surface area contributed by atoms with Crippen molar-refractivity contribution < 1.29 is 19.1 Å². The number of piperidine rings is 1. The van der Waals surface area contributed by atoms with Gasteiger partial charge >= 0.3 is 0 Å². The minimum absolute atomic E-state index is 0.209. The summed E-state index contributed by atoms with van der Waals surface area (Å²) in [5, 5.41) is 16.4. The van der Waals surface area contributed by atoms with E-state index in [1.54, 1.807) is 30.3 Å². The van der Waals surface area contributed by atoms with Gasteiger partial charge in [-0.15, -0.1) is 0 Å². The van der Waals surface area contributed by atoms with Gasteiger partial charge in [0.2, 0.25) is 0 Å². The molecule has 0 atom stereocenters. The van der Waals surface area contributed by atoms with Gasteiger partial charge in [0, 0.05) is 29.7 Å². The summed E-state index contributed by atoms with van der Waals surface area (Å²) >= 11 is 3.35. The number of benzene rings is 3. The summed E-state index contributed by atoms with van der Waals surface area (Å²) in [6, 6.07) is 18.0. The first-order valence-electron chi connectivity index (χ1n) is 11.6. The molecule has 1 saturated heterocycles. The molecule has 0 radical (unpaired) electrons. The number of likely N-dealkylation sites (tertiary alicyclic amines) is 1. The first kappa shape index (κ1) is 25.7. The van der Waals surface area contributed by atoms with Crippen molar-refractivity contribution >= 4 is 39.6 Å². The summed E-state index contributed by atoms with van der Waals surface area (Å²) in [5.41, 5.74) is 5.19. The van der Waals surface area contributed by atoms with Crippen molar-refractivity contribution in [3.63, 3.8) is 0 Å². The fourth-order valence-corrected chi connectivity index (χ4v) is 4.24. The van der Waals surface area contributed by atoms with Gasteiger partial charge in [0.1, 0.15) is 5.82 Å². The number of amides is 2. The van der Waals surface area contributed by atoms with Crippen molar-refractivity contribution in [3.05, 3.63) is 99.3 Å². The Balaban J connectivity index is 1.39. The molecule has 1 aliphatic rings. The van der Waals surface area contributed by atoms with Gasteiger partial charge < -0.3 is 10.4 Å². The molecule has 9 heteroatoms. The van der Waals surface area contributed by atoms with Crippen LogP contribution in [0.1, 0.15) is 44.7 Å². The van der Waals surface area contributed by atoms with Crippen LogP contribution in [0.2, 0.25) is 0 Å². The molecule has 0 aliphatic carbocycles. The normalized spacial score (nSPS) is 14.6. The van der Waals surface area contributed by atoms with Gasteiger partial charge in [0.15, 0.2) is 0 Å². The number of anilines is 1. The molecule has 186 valence electrons. The van der Waals surface area contributed by atoms with Crippen molar-refractivity contribution in [3.8, 4) is 0 Å². The molecule has 7 nitrogen and oxygen atoms in total. The SMILES string of the molecule is O=C(Nc1ccc(Br)cc1C(=O)N/N=C/c1ccc(F)cc1)c1ccc(CN2CCC(O)CC2)cc1. The van der Waals surface area contributed by atoms with Crippen LogP contribution in [-0.2, 0) is 6.54 Å². The van der Waals surface area contributed by atoms with Crippen molar-refractivity contribution in [1.82, 2.24) is 10.3 Å². The lowest BCUT2D eigenvalue weighted by molar-refractivity contribution is 0.0792. The van der Waals surface area contributed by atoms with Gasteiger partial charge in [-0.1, -0.05) is 40.2 Å². The maximum absolute atomic E-state index is 13.0. The Morgan fingerprint density at radius 2 is 1.72 bits per heavy atom. The molecule has 0 spiro atoms. The first-order valence-corrected chi connectivity index (χ1v) is 12.4. The number of aliphatic hydroxyl groups is 1. The number of nitrogens with one attached hydrogen (secondary N) is 2. The lowest BCUT2D eigenvalue weighted by Crippen LogP contribution is -2.35. The van der Waals surface area contributed by atoms with E-state index in [1.165, 1.54) is 30.5 Å². The van der Waals surface area contributed by atoms with Crippen LogP contribution >= 0.6 is 15.9 Å². The second-order valence-corrected chi connectivity index (χ2v) is 9.51. The number of aliphatic hydroxyl groups excluding tert-OH is 1. The largest absolute Gasteiger partial charge is 0.393 e. The van der Waals surface area contributed by atoms with Crippen molar-refractivity contribution in [2.45, 2.75) is 25.5 Å². The third kappa shape index (κ3) is 7.07. The van der Waals surface area contributed by atoms with E-state index in [1.807, 2.05) is 12.1 Å². The van der Waals surface area contributed by atoms with E-state index in [-0.39, 0.29) is 23.4 Å². The predicted molar refractivity (Wildman–Crippen MR) is 141 cm³/mol. The monoisotopic (exact) mass is 552 g/mol. The third-order valence-corrected chi connectivity index (χ3v) is 6.40. The number of carbonyl (C=O) groups excluding carboxylic acids is 2. The number of nitrogens with zero attached hydrogens (tertiary/aromatic N) is 2. The van der Waals surface area contributed by atoms with E-state index in [2.05, 4.69) is 36.7 Å². The lowest BCUT2D eigenvalue weighted by atomic mass is 10.1. The van der Waals surface area contributed by atoms with E-state index >= 15 is 0 Å². The highest BCUT2D eigenvalue weighted by molar-refractivity contribution is 9.10. The Hall–Kier alpha value is -3.40. The molecule has 0 saturated carbocycles. The number of hydrogen-bond donors (Lipinski definition) is 3. The molecule has 0 unspecified atom stereocenters. The second kappa shape index (κ2) is 12.0. The molecule has 1 fully saturated rings. The summed E-state index contributed by atoms with van der Waals surface area (Å²) in [7, 11) is 0. The molecule has 2 amide bonds. The zero-order valence-electron chi connectivity index (χ0n) is 19.5. The van der Waals surface area contributed by atoms with Crippen LogP contribution < -0.4 is 10.7 Å². The zero-order valence-corrected chi connectivity index (χ0v) is 21.0. The minimum Gasteiger partial charge on any atom is -0.393 e. The quantitative estimate of drug-likeness (QED) is 0.296. The van der Waals surface area contributed by atoms with E-state index in [0.29, 0.717) is 21.3 Å². The molecular weight excluding hydrogens is 527 g/mol. The molecule has 4 rings (SSSR count). The van der Waals surface area contributed by atoms with E-state index in [4.69, 9.17) is 0 Å². The van der Waals surface area contributed by atoms with Crippen LogP contribution in [-0.4, -0.2) is 47.2 Å². The Bertz CT molecular complexity index is 1240. The highest BCUT2D eigenvalue weighted by Crippen LogP contribution is 2.22. The van der Waals surface area contributed by atoms with Crippen LogP contribution in [0.4, 0.5) is 10.1 Å². The average molecular weight is 553 g/mol. The molecular formula is C27H26BrFN4O3. The molecule has 0 bridgehead atoms. The second-order valence-electron chi connectivity index (χ2n) is 8.60. The summed E-state index contributed by atoms with van der Waals surface area (Å²) in [4.78, 5) is 27.9. The number of hydrazone groups is 1. The summed E-state index contributed by atoms with van der Waals surface area (Å²) in [5.74, 6) is -1.20. The maximum Gasteiger partial charge on any atom is 0.273 e. The fourth-order valence-electron chi connectivity index (χ4n) is 3.88. The summed E-state index contributed by atoms with van der Waals surface area (Å²) < 4.78 is 13.7. The summed E-state index contributed by atoms with van der Waals surface area (Å²) in [6.45, 7) is 2.47. The van der Waals surface area contributed by atoms with Crippen molar-refractivity contribution in [2.75, 3.05) is 18.4 Å². The van der Waals surface area contributed by atoms with E-state index in [0.717, 1.165) is 38.0 Å². The van der Waals surface area contributed by atoms with Crippen LogP contribution in [0, 0.1) is 5.82 Å². The van der Waals surface area contributed by atoms with Crippen molar-refractivity contribution in [2.24, 2.45) is 5.10 Å². The molecule has 1 aliphatic heterocycles. The smallest absolute Gasteiger partial charge is 0.273 e. The highest BCUT2D eigenvalue weighted by Gasteiger charge is 2.18. The molecule has 3 N–H and O–H groups in total. The highest BCUT2D eigenvalue weighted by atomic mass is 79.9. The lowest BCUT2D eigenvalue weighted by Gasteiger charge is -2.29. The molecule has 36 heavy (non-hydrogen) atoms. The number of halogens is 2. The van der Waals surface area contributed by atoms with Crippen molar-refractivity contribution in [1.29, 1.82) is 0 Å². The Morgan fingerprint density at radius 3 is 2.42 bits per heavy atom. The zero-order chi connectivity index (χ0) is 25.5. The Kier molecular flexibility index (Phi) is 8.58. The Morgan fingerprint density at radius 1 is 1.03 bits per heavy atom. The molecule has 0 aromatic heterocycles. The standard InChI is InChI=1S/C27H26BrFN4O3/c28-21-7-10-25(24(15-21)27(36)32-30-16-18-3-8-22(29)9-4-18)31-26(35)20-5-1-19(2-6-20)17-33-13-11-23(34)12-14-33/h1-10,15-16,23,34H,11-14,17H2,(H,31,35)(H,32,36)/b30-16+. The van der Waals surface area contributed by atoms with Gasteiger partial charge in [-0.3, -0.25) is 14.5 Å². The van der Waals surface area contributed by atoms with Crippen LogP contribution in [0.3, 0.4) is 0 Å². The fraction of sp³-hybridized carbons (Fsp3) is 0.222. The topological polar surface area (TPSA) is 94.0 Å². The molecule has 1 heterocycles. The Labute approximate surface area is 217 Å². The predicted octanol–water partition coefficient (Wildman–Crippen LogP) is 4.56. The van der Waals surface area contributed by atoms with E-state index in [9.17, 15) is 19.1 Å². The van der Waals surface area contributed by atoms with Gasteiger partial charge in [0.25, 0.3) is 11.8 Å². The number of rotatable bonds is 7. The average Bonchev–Trinajstić information content (AvgIpc) is 2.88. The molecule has 3 aromatic rings.